The van der Waals surface area contributed by atoms with Crippen LogP contribution in [0.5, 0.6) is 0 Å². The standard InChI is InChI=1S/C13H15F3N2O.ClH/c14-13(15,16)11-4-2-1-3-9(11)8-18(10-5-6-10)12(19)7-17;/h1-4,10H,5-8,17H2;1H. The largest absolute Gasteiger partial charge is 0.416 e. The summed E-state index contributed by atoms with van der Waals surface area (Å²) in [4.78, 5) is 13.1. The lowest BCUT2D eigenvalue weighted by atomic mass is 10.1. The third-order valence-corrected chi connectivity index (χ3v) is 3.15. The lowest BCUT2D eigenvalue weighted by Crippen LogP contribution is -2.37. The summed E-state index contributed by atoms with van der Waals surface area (Å²) in [5.74, 6) is -0.306. The Morgan fingerprint density at radius 2 is 1.90 bits per heavy atom. The molecule has 1 aliphatic rings. The van der Waals surface area contributed by atoms with Crippen LogP contribution in [0.2, 0.25) is 0 Å². The number of carbonyl (C=O) groups excluding carboxylic acids is 1. The van der Waals surface area contributed by atoms with Crippen molar-refractivity contribution in [3.8, 4) is 0 Å². The molecule has 1 aromatic rings. The average Bonchev–Trinajstić information content (AvgIpc) is 3.18. The summed E-state index contributed by atoms with van der Waals surface area (Å²) >= 11 is 0. The molecule has 0 heterocycles. The van der Waals surface area contributed by atoms with Crippen LogP contribution in [0.4, 0.5) is 13.2 Å². The fraction of sp³-hybridized carbons (Fsp3) is 0.462. The highest BCUT2D eigenvalue weighted by Crippen LogP contribution is 2.34. The van der Waals surface area contributed by atoms with E-state index in [1.807, 2.05) is 0 Å². The Labute approximate surface area is 121 Å². The van der Waals surface area contributed by atoms with Gasteiger partial charge in [0.2, 0.25) is 5.91 Å². The van der Waals surface area contributed by atoms with Crippen LogP contribution in [0.15, 0.2) is 24.3 Å². The van der Waals surface area contributed by atoms with Crippen molar-refractivity contribution in [3.63, 3.8) is 0 Å². The number of alkyl halides is 3. The maximum Gasteiger partial charge on any atom is 0.416 e. The van der Waals surface area contributed by atoms with Gasteiger partial charge in [-0.1, -0.05) is 18.2 Å². The maximum atomic E-state index is 12.9. The van der Waals surface area contributed by atoms with Crippen molar-refractivity contribution in [2.75, 3.05) is 6.54 Å². The number of benzene rings is 1. The molecule has 2 rings (SSSR count). The first-order chi connectivity index (χ1) is 8.93. The smallest absolute Gasteiger partial charge is 0.334 e. The fourth-order valence-electron chi connectivity index (χ4n) is 2.04. The van der Waals surface area contributed by atoms with E-state index in [1.54, 1.807) is 6.07 Å². The van der Waals surface area contributed by atoms with Crippen molar-refractivity contribution in [1.82, 2.24) is 4.90 Å². The molecule has 0 aromatic heterocycles. The monoisotopic (exact) mass is 308 g/mol. The normalized spacial score (nSPS) is 14.6. The molecule has 1 saturated carbocycles. The molecule has 1 amide bonds. The number of nitrogens with two attached hydrogens (primary N) is 1. The zero-order chi connectivity index (χ0) is 14.0. The number of nitrogens with zero attached hydrogens (tertiary/aromatic N) is 1. The van der Waals surface area contributed by atoms with Gasteiger partial charge in [-0.3, -0.25) is 4.79 Å². The van der Waals surface area contributed by atoms with Crippen LogP contribution >= 0.6 is 12.4 Å². The van der Waals surface area contributed by atoms with Crippen molar-refractivity contribution in [1.29, 1.82) is 0 Å². The van der Waals surface area contributed by atoms with E-state index >= 15 is 0 Å². The predicted molar refractivity (Wildman–Crippen MR) is 71.3 cm³/mol. The van der Waals surface area contributed by atoms with E-state index in [2.05, 4.69) is 0 Å². The number of rotatable bonds is 4. The Bertz CT molecular complexity index is 475. The van der Waals surface area contributed by atoms with Gasteiger partial charge in [-0.05, 0) is 24.5 Å². The van der Waals surface area contributed by atoms with Gasteiger partial charge in [0.15, 0.2) is 0 Å². The minimum atomic E-state index is -4.41. The first-order valence-corrected chi connectivity index (χ1v) is 6.08. The van der Waals surface area contributed by atoms with Gasteiger partial charge in [0.1, 0.15) is 0 Å². The molecule has 0 aliphatic heterocycles. The number of halogens is 4. The molecule has 0 unspecified atom stereocenters. The topological polar surface area (TPSA) is 46.3 Å². The number of carbonyl (C=O) groups is 1. The summed E-state index contributed by atoms with van der Waals surface area (Å²) < 4.78 is 38.6. The molecule has 3 nitrogen and oxygen atoms in total. The van der Waals surface area contributed by atoms with E-state index < -0.39 is 11.7 Å². The van der Waals surface area contributed by atoms with E-state index in [1.165, 1.54) is 17.0 Å². The summed E-state index contributed by atoms with van der Waals surface area (Å²) in [5.41, 5.74) is 4.73. The quantitative estimate of drug-likeness (QED) is 0.929. The molecule has 112 valence electrons. The first kappa shape index (κ1) is 16.8. The van der Waals surface area contributed by atoms with Crippen molar-refractivity contribution < 1.29 is 18.0 Å². The molecule has 2 N–H and O–H groups in total. The highest BCUT2D eigenvalue weighted by molar-refractivity contribution is 5.85. The van der Waals surface area contributed by atoms with E-state index in [9.17, 15) is 18.0 Å². The average molecular weight is 309 g/mol. The van der Waals surface area contributed by atoms with Crippen molar-refractivity contribution in [2.45, 2.75) is 31.6 Å². The number of hydrogen-bond acceptors (Lipinski definition) is 2. The Hall–Kier alpha value is -1.27. The third-order valence-electron chi connectivity index (χ3n) is 3.15. The summed E-state index contributed by atoms with van der Waals surface area (Å²) in [6.45, 7) is -0.207. The lowest BCUT2D eigenvalue weighted by molar-refractivity contribution is -0.139. The SMILES string of the molecule is Cl.NCC(=O)N(Cc1ccccc1C(F)(F)F)C1CC1. The van der Waals surface area contributed by atoms with Crippen LogP contribution in [-0.4, -0.2) is 23.4 Å². The Kier molecular flexibility index (Phi) is 5.42. The molecule has 7 heteroatoms. The Balaban J connectivity index is 0.00000200. The zero-order valence-electron chi connectivity index (χ0n) is 10.7. The van der Waals surface area contributed by atoms with Gasteiger partial charge >= 0.3 is 6.18 Å². The Morgan fingerprint density at radius 1 is 1.30 bits per heavy atom. The zero-order valence-corrected chi connectivity index (χ0v) is 11.5. The lowest BCUT2D eigenvalue weighted by Gasteiger charge is -2.23. The van der Waals surface area contributed by atoms with Crippen LogP contribution in [0.1, 0.15) is 24.0 Å². The van der Waals surface area contributed by atoms with Crippen LogP contribution in [0.3, 0.4) is 0 Å². The minimum absolute atomic E-state index is 0. The van der Waals surface area contributed by atoms with Crippen LogP contribution < -0.4 is 5.73 Å². The molecule has 0 atom stereocenters. The second kappa shape index (κ2) is 6.45. The molecule has 20 heavy (non-hydrogen) atoms. The number of hydrogen-bond donors (Lipinski definition) is 1. The molecule has 0 bridgehead atoms. The van der Waals surface area contributed by atoms with Gasteiger partial charge < -0.3 is 10.6 Å². The summed E-state index contributed by atoms with van der Waals surface area (Å²) in [7, 11) is 0. The highest BCUT2D eigenvalue weighted by Gasteiger charge is 2.36. The van der Waals surface area contributed by atoms with Crippen molar-refractivity contribution in [2.24, 2.45) is 5.73 Å². The van der Waals surface area contributed by atoms with Gasteiger partial charge in [-0.15, -0.1) is 12.4 Å². The van der Waals surface area contributed by atoms with Crippen molar-refractivity contribution >= 4 is 18.3 Å². The van der Waals surface area contributed by atoms with Gasteiger partial charge in [0.25, 0.3) is 0 Å². The second-order valence-electron chi connectivity index (χ2n) is 4.61. The summed E-state index contributed by atoms with van der Waals surface area (Å²) in [5, 5.41) is 0. The number of amides is 1. The third kappa shape index (κ3) is 3.86. The van der Waals surface area contributed by atoms with E-state index in [0.717, 1.165) is 18.9 Å². The molecule has 0 saturated heterocycles. The molecule has 1 aliphatic carbocycles. The molecular formula is C13H16ClF3N2O. The molecule has 0 spiro atoms. The molecule has 0 radical (unpaired) electrons. The van der Waals surface area contributed by atoms with E-state index in [0.29, 0.717) is 0 Å². The molecular weight excluding hydrogens is 293 g/mol. The Morgan fingerprint density at radius 3 is 2.40 bits per heavy atom. The fourth-order valence-corrected chi connectivity index (χ4v) is 2.04. The second-order valence-corrected chi connectivity index (χ2v) is 4.61. The minimum Gasteiger partial charge on any atom is -0.334 e. The van der Waals surface area contributed by atoms with Gasteiger partial charge in [0, 0.05) is 12.6 Å². The highest BCUT2D eigenvalue weighted by atomic mass is 35.5. The maximum absolute atomic E-state index is 12.9. The molecule has 1 fully saturated rings. The summed E-state index contributed by atoms with van der Waals surface area (Å²) in [6.07, 6.45) is -2.74. The van der Waals surface area contributed by atoms with Crippen LogP contribution in [0, 0.1) is 0 Å². The summed E-state index contributed by atoms with van der Waals surface area (Å²) in [6, 6.07) is 5.37. The van der Waals surface area contributed by atoms with Crippen LogP contribution in [0.25, 0.3) is 0 Å². The van der Waals surface area contributed by atoms with Crippen LogP contribution in [-0.2, 0) is 17.5 Å². The van der Waals surface area contributed by atoms with Gasteiger partial charge in [-0.25, -0.2) is 0 Å². The van der Waals surface area contributed by atoms with Gasteiger partial charge in [-0.2, -0.15) is 13.2 Å². The predicted octanol–water partition coefficient (Wildman–Crippen LogP) is 2.58. The van der Waals surface area contributed by atoms with Crippen molar-refractivity contribution in [3.05, 3.63) is 35.4 Å². The van der Waals surface area contributed by atoms with E-state index in [4.69, 9.17) is 5.73 Å². The van der Waals surface area contributed by atoms with E-state index in [-0.39, 0.29) is 43.0 Å². The molecule has 1 aromatic carbocycles. The van der Waals surface area contributed by atoms with Gasteiger partial charge in [0.05, 0.1) is 12.1 Å². The first-order valence-electron chi connectivity index (χ1n) is 6.08.